The molecule has 0 atom stereocenters. The highest BCUT2D eigenvalue weighted by atomic mass is 16.5. The molecule has 4 rings (SSSR count). The number of nitrogens with one attached hydrogen (secondary N) is 2. The maximum Gasteiger partial charge on any atom is 0.143 e. The number of hydrogen-bond acceptors (Lipinski definition) is 4. The third-order valence-electron chi connectivity index (χ3n) is 5.29. The maximum absolute atomic E-state index is 5.40. The topological polar surface area (TPSA) is 62.8 Å². The molecule has 2 heterocycles. The first-order valence-corrected chi connectivity index (χ1v) is 7.83. The summed E-state index contributed by atoms with van der Waals surface area (Å²) in [5, 5.41) is 4.78. The molecule has 0 aliphatic heterocycles. The molecule has 0 bridgehead atoms. The summed E-state index contributed by atoms with van der Waals surface area (Å²) in [5.41, 5.74) is 2.77. The molecule has 2 aromatic rings. The highest BCUT2D eigenvalue weighted by molar-refractivity contribution is 5.90. The largest absolute Gasteiger partial charge is 0.381 e. The van der Waals surface area contributed by atoms with Crippen molar-refractivity contribution in [2.24, 2.45) is 5.41 Å². The van der Waals surface area contributed by atoms with E-state index >= 15 is 0 Å². The summed E-state index contributed by atoms with van der Waals surface area (Å²) in [5.74, 6) is 0.987. The van der Waals surface area contributed by atoms with Crippen LogP contribution in [-0.2, 0) is 11.2 Å². The van der Waals surface area contributed by atoms with Crippen LogP contribution in [0.1, 0.15) is 38.2 Å². The van der Waals surface area contributed by atoms with E-state index in [9.17, 15) is 0 Å². The summed E-state index contributed by atoms with van der Waals surface area (Å²) in [7, 11) is 1.82. The van der Waals surface area contributed by atoms with Gasteiger partial charge in [-0.15, -0.1) is 0 Å². The number of nitrogens with zero attached hydrogens (tertiary/aromatic N) is 2. The Hall–Kier alpha value is -1.62. The fraction of sp³-hybridized carbons (Fsp3) is 0.625. The van der Waals surface area contributed by atoms with E-state index in [0.29, 0.717) is 17.6 Å². The molecule has 0 amide bonds. The molecular formula is C16H22N4O. The summed E-state index contributed by atoms with van der Waals surface area (Å²) < 4.78 is 5.40. The van der Waals surface area contributed by atoms with E-state index in [1.54, 1.807) is 6.33 Å². The molecule has 2 saturated carbocycles. The molecule has 5 heteroatoms. The van der Waals surface area contributed by atoms with Crippen LogP contribution in [0.25, 0.3) is 11.0 Å². The molecule has 0 unspecified atom stereocenters. The van der Waals surface area contributed by atoms with Crippen LogP contribution in [0.4, 0.5) is 5.82 Å². The second-order valence-electron chi connectivity index (χ2n) is 6.63. The van der Waals surface area contributed by atoms with Crippen molar-refractivity contribution in [2.45, 2.75) is 51.2 Å². The van der Waals surface area contributed by atoms with E-state index < -0.39 is 0 Å². The summed E-state index contributed by atoms with van der Waals surface area (Å²) >= 11 is 0. The number of aromatic amines is 1. The second-order valence-corrected chi connectivity index (χ2v) is 6.63. The molecule has 5 nitrogen and oxygen atoms in total. The Balaban J connectivity index is 1.48. The van der Waals surface area contributed by atoms with Crippen molar-refractivity contribution in [3.8, 4) is 0 Å². The lowest BCUT2D eigenvalue weighted by Crippen LogP contribution is -2.55. The van der Waals surface area contributed by atoms with Crippen molar-refractivity contribution >= 4 is 16.9 Å². The monoisotopic (exact) mass is 286 g/mol. The van der Waals surface area contributed by atoms with Gasteiger partial charge in [0, 0.05) is 19.3 Å². The molecule has 0 aromatic carbocycles. The van der Waals surface area contributed by atoms with Crippen LogP contribution in [0.5, 0.6) is 0 Å². The number of hydrogen-bond donors (Lipinski definition) is 2. The van der Waals surface area contributed by atoms with Crippen LogP contribution in [0.15, 0.2) is 12.5 Å². The van der Waals surface area contributed by atoms with Crippen LogP contribution >= 0.6 is 0 Å². The lowest BCUT2D eigenvalue weighted by molar-refractivity contribution is -0.105. The van der Waals surface area contributed by atoms with Crippen LogP contribution in [0.3, 0.4) is 0 Å². The number of methoxy groups -OCH3 is 1. The van der Waals surface area contributed by atoms with Crippen molar-refractivity contribution in [3.63, 3.8) is 0 Å². The molecule has 2 fully saturated rings. The molecule has 2 aliphatic rings. The number of ether oxygens (including phenoxy) is 1. The van der Waals surface area contributed by atoms with E-state index in [-0.39, 0.29) is 0 Å². The Kier molecular flexibility index (Phi) is 2.92. The lowest BCUT2D eigenvalue weighted by atomic mass is 9.53. The van der Waals surface area contributed by atoms with Crippen LogP contribution in [-0.4, -0.2) is 34.2 Å². The highest BCUT2D eigenvalue weighted by Crippen LogP contribution is 2.57. The zero-order chi connectivity index (χ0) is 14.4. The Labute approximate surface area is 124 Å². The van der Waals surface area contributed by atoms with Crippen molar-refractivity contribution in [3.05, 3.63) is 18.1 Å². The van der Waals surface area contributed by atoms with Gasteiger partial charge in [-0.05, 0) is 43.1 Å². The van der Waals surface area contributed by atoms with Crippen molar-refractivity contribution < 1.29 is 4.74 Å². The third kappa shape index (κ3) is 2.02. The van der Waals surface area contributed by atoms with Gasteiger partial charge < -0.3 is 15.0 Å². The predicted molar refractivity (Wildman–Crippen MR) is 82.4 cm³/mol. The summed E-state index contributed by atoms with van der Waals surface area (Å²) in [4.78, 5) is 12.0. The quantitative estimate of drug-likeness (QED) is 0.907. The zero-order valence-corrected chi connectivity index (χ0v) is 12.6. The van der Waals surface area contributed by atoms with Crippen LogP contribution in [0.2, 0.25) is 0 Å². The van der Waals surface area contributed by atoms with Gasteiger partial charge in [0.2, 0.25) is 0 Å². The number of aryl methyl sites for hydroxylation is 1. The van der Waals surface area contributed by atoms with Gasteiger partial charge >= 0.3 is 0 Å². The molecule has 2 aromatic heterocycles. The van der Waals surface area contributed by atoms with Gasteiger partial charge in [-0.25, -0.2) is 9.97 Å². The van der Waals surface area contributed by atoms with E-state index in [2.05, 4.69) is 27.2 Å². The van der Waals surface area contributed by atoms with Gasteiger partial charge in [0.25, 0.3) is 0 Å². The average Bonchev–Trinajstić information content (AvgIpc) is 2.83. The Morgan fingerprint density at radius 3 is 2.86 bits per heavy atom. The molecule has 1 spiro atoms. The zero-order valence-electron chi connectivity index (χ0n) is 12.6. The normalized spacial score (nSPS) is 31.1. The van der Waals surface area contributed by atoms with Crippen molar-refractivity contribution in [2.75, 3.05) is 12.4 Å². The summed E-state index contributed by atoms with van der Waals surface area (Å²) in [6.07, 6.45) is 10.1. The van der Waals surface area contributed by atoms with Crippen LogP contribution in [0, 0.1) is 5.41 Å². The van der Waals surface area contributed by atoms with Gasteiger partial charge in [-0.2, -0.15) is 0 Å². The minimum Gasteiger partial charge on any atom is -0.381 e. The van der Waals surface area contributed by atoms with Gasteiger partial charge in [0.05, 0.1) is 11.5 Å². The number of H-pyrrole nitrogens is 1. The molecular weight excluding hydrogens is 264 g/mol. The molecule has 0 saturated heterocycles. The third-order valence-corrected chi connectivity index (χ3v) is 5.29. The van der Waals surface area contributed by atoms with Crippen LogP contribution < -0.4 is 5.32 Å². The fourth-order valence-electron chi connectivity index (χ4n) is 4.10. The SMILES string of the molecule is CCc1c[nH]c2ncnc(NC3CC4(C3)CC(OC)C4)c12. The van der Waals surface area contributed by atoms with E-state index in [0.717, 1.165) is 23.3 Å². The second kappa shape index (κ2) is 4.70. The summed E-state index contributed by atoms with van der Waals surface area (Å²) in [6, 6.07) is 0.542. The Bertz CT molecular complexity index is 651. The maximum atomic E-state index is 5.40. The fourth-order valence-corrected chi connectivity index (χ4v) is 4.10. The molecule has 2 N–H and O–H groups in total. The van der Waals surface area contributed by atoms with Gasteiger partial charge in [-0.3, -0.25) is 0 Å². The van der Waals surface area contributed by atoms with Crippen molar-refractivity contribution in [1.29, 1.82) is 0 Å². The minimum absolute atomic E-state index is 0.494. The summed E-state index contributed by atoms with van der Waals surface area (Å²) in [6.45, 7) is 2.16. The van der Waals surface area contributed by atoms with E-state index in [1.165, 1.54) is 31.2 Å². The van der Waals surface area contributed by atoms with E-state index in [4.69, 9.17) is 4.74 Å². The van der Waals surface area contributed by atoms with Gasteiger partial charge in [0.15, 0.2) is 0 Å². The number of rotatable bonds is 4. The first-order chi connectivity index (χ1) is 10.2. The average molecular weight is 286 g/mol. The Morgan fingerprint density at radius 1 is 1.33 bits per heavy atom. The minimum atomic E-state index is 0.494. The standard InChI is InChI=1S/C16H22N4O/c1-3-10-8-17-14-13(10)15(19-9-18-14)20-11-4-16(5-11)6-12(7-16)21-2/h8-9,11-12H,3-7H2,1-2H3,(H2,17,18,19,20). The van der Waals surface area contributed by atoms with E-state index in [1.807, 2.05) is 13.3 Å². The first-order valence-electron chi connectivity index (χ1n) is 7.83. The predicted octanol–water partition coefficient (Wildman–Crippen LogP) is 2.89. The first kappa shape index (κ1) is 13.1. The van der Waals surface area contributed by atoms with Gasteiger partial charge in [-0.1, -0.05) is 6.92 Å². The highest BCUT2D eigenvalue weighted by Gasteiger charge is 2.53. The van der Waals surface area contributed by atoms with Gasteiger partial charge in [0.1, 0.15) is 17.8 Å². The molecule has 0 radical (unpaired) electrons. The molecule has 21 heavy (non-hydrogen) atoms. The number of anilines is 1. The number of aromatic nitrogens is 3. The number of fused-ring (bicyclic) bond motifs is 1. The molecule has 112 valence electrons. The van der Waals surface area contributed by atoms with Crippen molar-refractivity contribution in [1.82, 2.24) is 15.0 Å². The molecule has 2 aliphatic carbocycles. The Morgan fingerprint density at radius 2 is 2.14 bits per heavy atom. The lowest BCUT2D eigenvalue weighted by Gasteiger charge is -2.57. The smallest absolute Gasteiger partial charge is 0.143 e.